The molecule has 0 radical (unpaired) electrons. The minimum Gasteiger partial charge on any atom is -0.207 e. The van der Waals surface area contributed by atoms with Crippen LogP contribution in [-0.4, -0.2) is 17.2 Å². The number of fused-ring (bicyclic) bond motifs is 1. The third-order valence-electron chi connectivity index (χ3n) is 3.24. The maximum absolute atomic E-state index is 12.6. The van der Waals surface area contributed by atoms with Crippen LogP contribution in [0.1, 0.15) is 18.5 Å². The second-order valence-corrected chi connectivity index (χ2v) is 7.91. The van der Waals surface area contributed by atoms with E-state index in [0.717, 1.165) is 21.8 Å². The van der Waals surface area contributed by atoms with Gasteiger partial charge in [0.05, 0.1) is 11.7 Å². The number of benzene rings is 2. The van der Waals surface area contributed by atoms with Gasteiger partial charge in [-0.05, 0) is 36.8 Å². The molecule has 1 heterocycles. The minimum absolute atomic E-state index is 0.155. The van der Waals surface area contributed by atoms with Crippen LogP contribution in [0.2, 0.25) is 0 Å². The average molecular weight is 398 g/mol. The summed E-state index contributed by atoms with van der Waals surface area (Å²) in [6.45, 7) is 1.81. The lowest BCUT2D eigenvalue weighted by Crippen LogP contribution is -2.27. The largest absolute Gasteiger partial charge is 0.243 e. The van der Waals surface area contributed by atoms with Crippen molar-refractivity contribution in [1.29, 1.82) is 0 Å². The number of hydrogen-bond acceptors (Lipinski definition) is 5. The molecule has 3 rings (SSSR count). The van der Waals surface area contributed by atoms with Crippen LogP contribution < -0.4 is 4.72 Å². The number of aromatic nitrogens is 2. The zero-order chi connectivity index (χ0) is 15.7. The maximum Gasteiger partial charge on any atom is 0.243 e. The molecular formula is C14H12BrN3O2S2. The van der Waals surface area contributed by atoms with Gasteiger partial charge in [0.2, 0.25) is 10.0 Å². The van der Waals surface area contributed by atoms with Crippen LogP contribution in [0.25, 0.3) is 11.0 Å². The van der Waals surface area contributed by atoms with E-state index in [4.69, 9.17) is 0 Å². The Bertz CT molecular complexity index is 907. The van der Waals surface area contributed by atoms with E-state index in [1.165, 1.54) is 0 Å². The van der Waals surface area contributed by atoms with Crippen LogP contribution in [0, 0.1) is 0 Å². The molecule has 1 atom stereocenters. The summed E-state index contributed by atoms with van der Waals surface area (Å²) in [5.41, 5.74) is 1.88. The Labute approximate surface area is 140 Å². The van der Waals surface area contributed by atoms with Crippen LogP contribution in [-0.2, 0) is 10.0 Å². The second kappa shape index (κ2) is 6.04. The Morgan fingerprint density at radius 1 is 1.14 bits per heavy atom. The van der Waals surface area contributed by atoms with Crippen molar-refractivity contribution in [3.8, 4) is 0 Å². The number of rotatable bonds is 4. The van der Waals surface area contributed by atoms with Gasteiger partial charge in [-0.15, -0.1) is 0 Å². The van der Waals surface area contributed by atoms with Crippen LogP contribution >= 0.6 is 27.7 Å². The van der Waals surface area contributed by atoms with Crippen LogP contribution in [0.5, 0.6) is 0 Å². The summed E-state index contributed by atoms with van der Waals surface area (Å²) in [5, 5.41) is 0. The van der Waals surface area contributed by atoms with E-state index < -0.39 is 10.0 Å². The lowest BCUT2D eigenvalue weighted by atomic mass is 10.1. The Hall–Kier alpha value is -1.35. The molecule has 0 saturated carbocycles. The van der Waals surface area contributed by atoms with Crippen molar-refractivity contribution in [3.63, 3.8) is 0 Å². The molecule has 0 fully saturated rings. The molecule has 0 saturated heterocycles. The summed E-state index contributed by atoms with van der Waals surface area (Å²) in [6, 6.07) is 12.1. The minimum atomic E-state index is -3.67. The van der Waals surface area contributed by atoms with Gasteiger partial charge >= 0.3 is 0 Å². The fourth-order valence-corrected chi connectivity index (χ4v) is 4.38. The van der Waals surface area contributed by atoms with Crippen LogP contribution in [0.3, 0.4) is 0 Å². The molecule has 22 heavy (non-hydrogen) atoms. The normalized spacial score (nSPS) is 13.4. The molecule has 8 heteroatoms. The average Bonchev–Trinajstić information content (AvgIpc) is 2.95. The molecule has 0 aliphatic rings. The molecule has 5 nitrogen and oxygen atoms in total. The first-order chi connectivity index (χ1) is 10.5. The first-order valence-corrected chi connectivity index (χ1v) is 9.47. The Balaban J connectivity index is 1.93. The zero-order valence-corrected chi connectivity index (χ0v) is 14.7. The van der Waals surface area contributed by atoms with Gasteiger partial charge in [0.15, 0.2) is 0 Å². The van der Waals surface area contributed by atoms with E-state index in [1.807, 2.05) is 24.3 Å². The van der Waals surface area contributed by atoms with Crippen LogP contribution in [0.4, 0.5) is 0 Å². The van der Waals surface area contributed by atoms with Crippen molar-refractivity contribution < 1.29 is 8.42 Å². The third kappa shape index (κ3) is 3.05. The molecule has 114 valence electrons. The standard InChI is InChI=1S/C14H12BrN3O2S2/c1-9(10-5-7-11(15)8-6-10)18-22(19,20)13-4-2-3-12-14(13)17-21-16-12/h2-9,18H,1H3. The fraction of sp³-hybridized carbons (Fsp3) is 0.143. The van der Waals surface area contributed by atoms with E-state index in [0.29, 0.717) is 11.0 Å². The van der Waals surface area contributed by atoms with Gasteiger partial charge in [-0.3, -0.25) is 0 Å². The van der Waals surface area contributed by atoms with Gasteiger partial charge < -0.3 is 0 Å². The Morgan fingerprint density at radius 3 is 2.59 bits per heavy atom. The Kier molecular flexibility index (Phi) is 4.26. The van der Waals surface area contributed by atoms with Crippen molar-refractivity contribution in [3.05, 3.63) is 52.5 Å². The summed E-state index contributed by atoms with van der Waals surface area (Å²) < 4.78 is 37.0. The van der Waals surface area contributed by atoms with Crippen molar-refractivity contribution in [2.24, 2.45) is 0 Å². The number of sulfonamides is 1. The fourth-order valence-electron chi connectivity index (χ4n) is 2.11. The highest BCUT2D eigenvalue weighted by molar-refractivity contribution is 9.10. The van der Waals surface area contributed by atoms with E-state index in [2.05, 4.69) is 29.4 Å². The molecule has 1 aromatic heterocycles. The van der Waals surface area contributed by atoms with Crippen molar-refractivity contribution in [2.45, 2.75) is 17.9 Å². The summed E-state index contributed by atoms with van der Waals surface area (Å²) in [7, 11) is -3.67. The zero-order valence-electron chi connectivity index (χ0n) is 11.5. The van der Waals surface area contributed by atoms with Crippen molar-refractivity contribution in [2.75, 3.05) is 0 Å². The van der Waals surface area contributed by atoms with E-state index >= 15 is 0 Å². The van der Waals surface area contributed by atoms with Gasteiger partial charge in [0, 0.05) is 10.5 Å². The molecule has 1 N–H and O–H groups in total. The second-order valence-electron chi connectivity index (χ2n) is 4.78. The predicted octanol–water partition coefficient (Wildman–Crippen LogP) is 3.49. The quantitative estimate of drug-likeness (QED) is 0.730. The molecular weight excluding hydrogens is 386 g/mol. The molecule has 2 aromatic carbocycles. The van der Waals surface area contributed by atoms with E-state index in [9.17, 15) is 8.42 Å². The van der Waals surface area contributed by atoms with E-state index in [-0.39, 0.29) is 10.9 Å². The predicted molar refractivity (Wildman–Crippen MR) is 90.3 cm³/mol. The first kappa shape index (κ1) is 15.5. The lowest BCUT2D eigenvalue weighted by Gasteiger charge is -2.15. The molecule has 1 unspecified atom stereocenters. The van der Waals surface area contributed by atoms with Gasteiger partial charge in [-0.1, -0.05) is 34.1 Å². The molecule has 0 amide bonds. The van der Waals surface area contributed by atoms with Crippen molar-refractivity contribution >= 4 is 48.7 Å². The number of hydrogen-bond donors (Lipinski definition) is 1. The first-order valence-electron chi connectivity index (χ1n) is 6.46. The number of nitrogens with zero attached hydrogens (tertiary/aromatic N) is 2. The van der Waals surface area contributed by atoms with Gasteiger partial charge in [0.25, 0.3) is 0 Å². The lowest BCUT2D eigenvalue weighted by molar-refractivity contribution is 0.567. The van der Waals surface area contributed by atoms with Gasteiger partial charge in [-0.25, -0.2) is 13.1 Å². The molecule has 0 bridgehead atoms. The van der Waals surface area contributed by atoms with Gasteiger partial charge in [-0.2, -0.15) is 8.75 Å². The highest BCUT2D eigenvalue weighted by atomic mass is 79.9. The molecule has 0 aliphatic heterocycles. The van der Waals surface area contributed by atoms with E-state index in [1.54, 1.807) is 25.1 Å². The summed E-state index contributed by atoms with van der Waals surface area (Å²) in [5.74, 6) is 0. The summed E-state index contributed by atoms with van der Waals surface area (Å²) >= 11 is 4.37. The van der Waals surface area contributed by atoms with Gasteiger partial charge in [0.1, 0.15) is 15.9 Å². The Morgan fingerprint density at radius 2 is 1.86 bits per heavy atom. The maximum atomic E-state index is 12.6. The number of nitrogens with one attached hydrogen (secondary N) is 1. The topological polar surface area (TPSA) is 72.0 Å². The monoisotopic (exact) mass is 397 g/mol. The smallest absolute Gasteiger partial charge is 0.207 e. The number of halogens is 1. The van der Waals surface area contributed by atoms with Crippen molar-refractivity contribution in [1.82, 2.24) is 13.5 Å². The van der Waals surface area contributed by atoms with Crippen LogP contribution in [0.15, 0.2) is 51.8 Å². The third-order valence-corrected chi connectivity index (χ3v) is 5.88. The summed E-state index contributed by atoms with van der Waals surface area (Å²) in [4.78, 5) is 0.155. The summed E-state index contributed by atoms with van der Waals surface area (Å²) in [6.07, 6.45) is 0. The molecule has 0 aliphatic carbocycles. The highest BCUT2D eigenvalue weighted by Crippen LogP contribution is 2.23. The highest BCUT2D eigenvalue weighted by Gasteiger charge is 2.22. The SMILES string of the molecule is CC(NS(=O)(=O)c1cccc2nsnc12)c1ccc(Br)cc1. The molecule has 3 aromatic rings. The molecule has 0 spiro atoms.